The highest BCUT2D eigenvalue weighted by atomic mass is 127. The number of nitrogens with one attached hydrogen (secondary N) is 3. The van der Waals surface area contributed by atoms with Gasteiger partial charge in [0.05, 0.1) is 5.56 Å². The molecule has 0 aliphatic heterocycles. The average molecular weight is 457 g/mol. The van der Waals surface area contributed by atoms with Crippen LogP contribution in [0, 0.1) is 5.82 Å². The van der Waals surface area contributed by atoms with E-state index in [0.717, 1.165) is 0 Å². The number of hydrogen-bond donors (Lipinski definition) is 3. The highest BCUT2D eigenvalue weighted by Gasteiger charge is 2.05. The molecule has 0 fully saturated rings. The molecule has 134 valence electrons. The fourth-order valence-electron chi connectivity index (χ4n) is 2.00. The fraction of sp³-hybridized carbons (Fsp3) is 0.235. The van der Waals surface area contributed by atoms with Crippen molar-refractivity contribution >= 4 is 35.8 Å². The normalized spacial score (nSPS) is 10.6. The van der Waals surface area contributed by atoms with Crippen LogP contribution in [-0.2, 0) is 6.54 Å². The van der Waals surface area contributed by atoms with Gasteiger partial charge in [-0.05, 0) is 18.2 Å². The molecule has 8 heteroatoms. The first kappa shape index (κ1) is 20.8. The van der Waals surface area contributed by atoms with E-state index < -0.39 is 0 Å². The number of pyridine rings is 1. The number of carbonyl (C=O) groups excluding carboxylic acids is 1. The maximum absolute atomic E-state index is 13.5. The number of aliphatic imine (C=N–C) groups is 1. The summed E-state index contributed by atoms with van der Waals surface area (Å²) in [6.07, 6.45) is 3.13. The van der Waals surface area contributed by atoms with Gasteiger partial charge in [0.2, 0.25) is 0 Å². The second-order valence-electron chi connectivity index (χ2n) is 4.94. The predicted molar refractivity (Wildman–Crippen MR) is 107 cm³/mol. The Morgan fingerprint density at radius 3 is 2.56 bits per heavy atom. The van der Waals surface area contributed by atoms with Gasteiger partial charge in [0, 0.05) is 44.6 Å². The largest absolute Gasteiger partial charge is 0.355 e. The second-order valence-corrected chi connectivity index (χ2v) is 4.94. The summed E-state index contributed by atoms with van der Waals surface area (Å²) in [6.45, 7) is 1.24. The topological polar surface area (TPSA) is 78.4 Å². The minimum Gasteiger partial charge on any atom is -0.355 e. The Labute approximate surface area is 163 Å². The summed E-state index contributed by atoms with van der Waals surface area (Å²) < 4.78 is 13.5. The van der Waals surface area contributed by atoms with E-state index in [2.05, 4.69) is 25.9 Å². The van der Waals surface area contributed by atoms with Gasteiger partial charge in [-0.2, -0.15) is 0 Å². The molecule has 0 saturated carbocycles. The van der Waals surface area contributed by atoms with Crippen molar-refractivity contribution in [3.63, 3.8) is 0 Å². The van der Waals surface area contributed by atoms with Gasteiger partial charge in [-0.15, -0.1) is 24.0 Å². The number of benzene rings is 1. The van der Waals surface area contributed by atoms with Crippen molar-refractivity contribution in [1.29, 1.82) is 0 Å². The van der Waals surface area contributed by atoms with E-state index in [-0.39, 0.29) is 35.7 Å². The van der Waals surface area contributed by atoms with Crippen molar-refractivity contribution in [1.82, 2.24) is 20.9 Å². The SMILES string of the molecule is CN=C(NCCNC(=O)c1cccnc1)NCc1ccccc1F.I. The minimum atomic E-state index is -0.260. The molecule has 6 nitrogen and oxygen atoms in total. The quantitative estimate of drug-likeness (QED) is 0.268. The van der Waals surface area contributed by atoms with E-state index in [1.165, 1.54) is 12.3 Å². The van der Waals surface area contributed by atoms with Crippen LogP contribution in [0.4, 0.5) is 4.39 Å². The van der Waals surface area contributed by atoms with Crippen molar-refractivity contribution in [2.24, 2.45) is 4.99 Å². The van der Waals surface area contributed by atoms with Gasteiger partial charge in [-0.3, -0.25) is 14.8 Å². The summed E-state index contributed by atoms with van der Waals surface area (Å²) in [7, 11) is 1.63. The molecule has 0 saturated heterocycles. The van der Waals surface area contributed by atoms with E-state index in [1.807, 2.05) is 0 Å². The van der Waals surface area contributed by atoms with Crippen molar-refractivity contribution in [3.05, 3.63) is 65.7 Å². The molecule has 0 radical (unpaired) electrons. The average Bonchev–Trinajstić information content (AvgIpc) is 2.63. The summed E-state index contributed by atoms with van der Waals surface area (Å²) >= 11 is 0. The van der Waals surface area contributed by atoms with Crippen molar-refractivity contribution in [3.8, 4) is 0 Å². The number of aromatic nitrogens is 1. The Bertz CT molecular complexity index is 696. The lowest BCUT2D eigenvalue weighted by Crippen LogP contribution is -2.41. The van der Waals surface area contributed by atoms with Gasteiger partial charge in [-0.25, -0.2) is 4.39 Å². The zero-order valence-corrected chi connectivity index (χ0v) is 16.2. The van der Waals surface area contributed by atoms with E-state index >= 15 is 0 Å². The number of nitrogens with zero attached hydrogens (tertiary/aromatic N) is 2. The first-order chi connectivity index (χ1) is 11.7. The van der Waals surface area contributed by atoms with E-state index in [9.17, 15) is 9.18 Å². The third-order valence-electron chi connectivity index (χ3n) is 3.25. The maximum Gasteiger partial charge on any atom is 0.252 e. The number of rotatable bonds is 6. The molecular weight excluding hydrogens is 436 g/mol. The Hall–Kier alpha value is -2.23. The highest BCUT2D eigenvalue weighted by Crippen LogP contribution is 2.05. The summed E-state index contributed by atoms with van der Waals surface area (Å²) in [6, 6.07) is 9.97. The highest BCUT2D eigenvalue weighted by molar-refractivity contribution is 14.0. The molecule has 0 aliphatic rings. The van der Waals surface area contributed by atoms with Crippen LogP contribution >= 0.6 is 24.0 Å². The number of hydrogen-bond acceptors (Lipinski definition) is 3. The van der Waals surface area contributed by atoms with Crippen molar-refractivity contribution < 1.29 is 9.18 Å². The van der Waals surface area contributed by atoms with Crippen LogP contribution in [-0.4, -0.2) is 37.0 Å². The fourth-order valence-corrected chi connectivity index (χ4v) is 2.00. The summed E-state index contributed by atoms with van der Waals surface area (Å²) in [5, 5.41) is 8.85. The van der Waals surface area contributed by atoms with Crippen molar-refractivity contribution in [2.45, 2.75) is 6.54 Å². The van der Waals surface area contributed by atoms with Crippen molar-refractivity contribution in [2.75, 3.05) is 20.1 Å². The van der Waals surface area contributed by atoms with Crippen LogP contribution in [0.3, 0.4) is 0 Å². The van der Waals surface area contributed by atoms with Gasteiger partial charge < -0.3 is 16.0 Å². The Morgan fingerprint density at radius 2 is 1.88 bits per heavy atom. The molecule has 0 atom stereocenters. The molecule has 0 unspecified atom stereocenters. The summed E-state index contributed by atoms with van der Waals surface area (Å²) in [5.74, 6) is 0.0947. The molecule has 0 aliphatic carbocycles. The van der Waals surface area contributed by atoms with E-state index in [4.69, 9.17) is 0 Å². The lowest BCUT2D eigenvalue weighted by atomic mass is 10.2. The molecule has 2 aromatic rings. The van der Waals surface area contributed by atoms with Gasteiger partial charge in [0.1, 0.15) is 5.82 Å². The standard InChI is InChI=1S/C17H20FN5O.HI/c1-19-17(23-12-13-5-2-3-7-15(13)18)22-10-9-21-16(24)14-6-4-8-20-11-14;/h2-8,11H,9-10,12H2,1H3,(H,21,24)(H2,19,22,23);1H. The molecule has 0 bridgehead atoms. The van der Waals surface area contributed by atoms with E-state index in [1.54, 1.807) is 43.6 Å². The first-order valence-corrected chi connectivity index (χ1v) is 7.57. The molecule has 3 N–H and O–H groups in total. The Morgan fingerprint density at radius 1 is 1.12 bits per heavy atom. The van der Waals surface area contributed by atoms with Gasteiger partial charge >= 0.3 is 0 Å². The maximum atomic E-state index is 13.5. The van der Waals surface area contributed by atoms with Crippen LogP contribution in [0.25, 0.3) is 0 Å². The van der Waals surface area contributed by atoms with Crippen LogP contribution in [0.5, 0.6) is 0 Å². The van der Waals surface area contributed by atoms with Crippen LogP contribution < -0.4 is 16.0 Å². The predicted octanol–water partition coefficient (Wildman–Crippen LogP) is 1.93. The molecule has 1 aromatic carbocycles. The number of carbonyl (C=O) groups is 1. The first-order valence-electron chi connectivity index (χ1n) is 7.57. The lowest BCUT2D eigenvalue weighted by molar-refractivity contribution is 0.0954. The molecule has 1 aromatic heterocycles. The van der Waals surface area contributed by atoms with Crippen LogP contribution in [0.15, 0.2) is 53.8 Å². The third-order valence-corrected chi connectivity index (χ3v) is 3.25. The monoisotopic (exact) mass is 457 g/mol. The second kappa shape index (κ2) is 11.3. The molecule has 1 amide bonds. The zero-order valence-electron chi connectivity index (χ0n) is 13.8. The summed E-state index contributed by atoms with van der Waals surface area (Å²) in [4.78, 5) is 19.8. The zero-order chi connectivity index (χ0) is 17.2. The lowest BCUT2D eigenvalue weighted by Gasteiger charge is -2.12. The number of halogens is 2. The minimum absolute atomic E-state index is 0. The molecular formula is C17H21FIN5O. The third kappa shape index (κ3) is 7.04. The smallest absolute Gasteiger partial charge is 0.252 e. The molecule has 1 heterocycles. The molecule has 2 rings (SSSR count). The van der Waals surface area contributed by atoms with Crippen LogP contribution in [0.1, 0.15) is 15.9 Å². The molecule has 25 heavy (non-hydrogen) atoms. The van der Waals surface area contributed by atoms with Gasteiger partial charge in [0.25, 0.3) is 5.91 Å². The Kier molecular flexibility index (Phi) is 9.45. The Balaban J connectivity index is 0.00000312. The number of guanidine groups is 1. The van der Waals surface area contributed by atoms with E-state index in [0.29, 0.717) is 36.7 Å². The van der Waals surface area contributed by atoms with Crippen LogP contribution in [0.2, 0.25) is 0 Å². The number of amides is 1. The van der Waals surface area contributed by atoms with Gasteiger partial charge in [-0.1, -0.05) is 18.2 Å². The summed E-state index contributed by atoms with van der Waals surface area (Å²) in [5.41, 5.74) is 1.07. The van der Waals surface area contributed by atoms with Gasteiger partial charge in [0.15, 0.2) is 5.96 Å². The molecule has 0 spiro atoms.